The molecule has 0 unspecified atom stereocenters. The van der Waals surface area contributed by atoms with Crippen LogP contribution in [-0.2, 0) is 0 Å². The quantitative estimate of drug-likeness (QED) is 0.387. The number of nitrogens with one attached hydrogen (secondary N) is 1. The largest absolute Gasteiger partial charge is 0.288 e. The molecule has 0 spiro atoms. The molecular formula is C12H5N7O2. The Morgan fingerprint density at radius 2 is 1.71 bits per heavy atom. The second kappa shape index (κ2) is 4.53. The number of imide groups is 1. The molecule has 1 aliphatic rings. The summed E-state index contributed by atoms with van der Waals surface area (Å²) in [6.07, 6.45) is 0. The molecule has 100 valence electrons. The van der Waals surface area contributed by atoms with Gasteiger partial charge in [-0.1, -0.05) is 22.4 Å². The van der Waals surface area contributed by atoms with Gasteiger partial charge < -0.3 is 0 Å². The van der Waals surface area contributed by atoms with Gasteiger partial charge in [-0.2, -0.15) is 0 Å². The number of carbonyl (C=O) groups is 2. The third-order valence-corrected chi connectivity index (χ3v) is 3.12. The standard InChI is InChI=1S/C12H5N7O2/c13-18-16-7-4-8(17-19-14)10-9-5(7)2-1-3-6(9)11(20)15-12(10)21/h1-4H,(H,15,20,21). The van der Waals surface area contributed by atoms with E-state index < -0.39 is 11.8 Å². The lowest BCUT2D eigenvalue weighted by Crippen LogP contribution is -2.34. The minimum absolute atomic E-state index is 0.00449. The molecule has 21 heavy (non-hydrogen) atoms. The fraction of sp³-hybridized carbons (Fsp3) is 0. The molecule has 2 aromatic carbocycles. The van der Waals surface area contributed by atoms with Crippen molar-refractivity contribution in [1.82, 2.24) is 5.32 Å². The van der Waals surface area contributed by atoms with Crippen LogP contribution in [0.5, 0.6) is 0 Å². The molecule has 2 aromatic rings. The average molecular weight is 279 g/mol. The maximum Gasteiger partial charge on any atom is 0.259 e. The summed E-state index contributed by atoms with van der Waals surface area (Å²) in [4.78, 5) is 29.3. The van der Waals surface area contributed by atoms with Crippen LogP contribution in [0.3, 0.4) is 0 Å². The van der Waals surface area contributed by atoms with Crippen molar-refractivity contribution in [3.8, 4) is 0 Å². The summed E-state index contributed by atoms with van der Waals surface area (Å²) >= 11 is 0. The number of amides is 2. The molecule has 0 aliphatic carbocycles. The molecule has 0 atom stereocenters. The number of benzene rings is 2. The monoisotopic (exact) mass is 279 g/mol. The van der Waals surface area contributed by atoms with E-state index in [4.69, 9.17) is 11.1 Å². The summed E-state index contributed by atoms with van der Waals surface area (Å²) in [6, 6.07) is 6.09. The zero-order valence-corrected chi connectivity index (χ0v) is 10.3. The maximum atomic E-state index is 12.0. The van der Waals surface area contributed by atoms with Crippen molar-refractivity contribution in [1.29, 1.82) is 0 Å². The van der Waals surface area contributed by atoms with Gasteiger partial charge in [-0.25, -0.2) is 0 Å². The lowest BCUT2D eigenvalue weighted by atomic mass is 9.93. The van der Waals surface area contributed by atoms with Crippen molar-refractivity contribution in [2.75, 3.05) is 0 Å². The average Bonchev–Trinajstić information content (AvgIpc) is 2.46. The summed E-state index contributed by atoms with van der Waals surface area (Å²) in [6.45, 7) is 0. The third-order valence-electron chi connectivity index (χ3n) is 3.12. The Kier molecular flexibility index (Phi) is 2.70. The van der Waals surface area contributed by atoms with E-state index in [1.54, 1.807) is 12.1 Å². The van der Waals surface area contributed by atoms with Crippen LogP contribution in [0.15, 0.2) is 34.5 Å². The van der Waals surface area contributed by atoms with Crippen LogP contribution < -0.4 is 5.32 Å². The van der Waals surface area contributed by atoms with Crippen LogP contribution >= 0.6 is 0 Å². The molecule has 0 bridgehead atoms. The van der Waals surface area contributed by atoms with Crippen molar-refractivity contribution in [2.24, 2.45) is 10.2 Å². The predicted octanol–water partition coefficient (Wildman–Crippen LogP) is 3.61. The first-order valence-electron chi connectivity index (χ1n) is 5.73. The van der Waals surface area contributed by atoms with Gasteiger partial charge >= 0.3 is 0 Å². The summed E-state index contributed by atoms with van der Waals surface area (Å²) in [7, 11) is 0. The number of nitrogens with zero attached hydrogens (tertiary/aromatic N) is 6. The van der Waals surface area contributed by atoms with Crippen molar-refractivity contribution in [2.45, 2.75) is 0 Å². The van der Waals surface area contributed by atoms with Gasteiger partial charge in [0.1, 0.15) is 0 Å². The molecule has 0 aromatic heterocycles. The SMILES string of the molecule is [N-]=[N+]=Nc1cc(N=[N+]=[N-])c2cccc3c2c1C(=O)NC3=O. The molecule has 1 N–H and O–H groups in total. The van der Waals surface area contributed by atoms with Gasteiger partial charge in [0.2, 0.25) is 0 Å². The molecule has 9 nitrogen and oxygen atoms in total. The van der Waals surface area contributed by atoms with Crippen LogP contribution in [0.25, 0.3) is 31.7 Å². The molecule has 0 fully saturated rings. The molecule has 1 aliphatic heterocycles. The zero-order valence-electron chi connectivity index (χ0n) is 10.3. The van der Waals surface area contributed by atoms with Crippen LogP contribution in [0, 0.1) is 0 Å². The van der Waals surface area contributed by atoms with Crippen LogP contribution in [0.4, 0.5) is 11.4 Å². The third kappa shape index (κ3) is 1.74. The van der Waals surface area contributed by atoms with Crippen molar-refractivity contribution >= 4 is 34.0 Å². The second-order valence-corrected chi connectivity index (χ2v) is 4.18. The Hall–Kier alpha value is -3.54. The Labute approximate surface area is 116 Å². The highest BCUT2D eigenvalue weighted by molar-refractivity contribution is 6.28. The van der Waals surface area contributed by atoms with E-state index in [0.29, 0.717) is 10.8 Å². The highest BCUT2D eigenvalue weighted by atomic mass is 16.2. The van der Waals surface area contributed by atoms with E-state index in [1.165, 1.54) is 12.1 Å². The minimum Gasteiger partial charge on any atom is -0.288 e. The molecule has 0 radical (unpaired) electrons. The van der Waals surface area contributed by atoms with Gasteiger partial charge in [0.15, 0.2) is 0 Å². The smallest absolute Gasteiger partial charge is 0.259 e. The fourth-order valence-electron chi connectivity index (χ4n) is 2.35. The maximum absolute atomic E-state index is 12.0. The molecule has 2 amide bonds. The Morgan fingerprint density at radius 1 is 1.00 bits per heavy atom. The number of hydrogen-bond acceptors (Lipinski definition) is 4. The van der Waals surface area contributed by atoms with E-state index in [1.807, 2.05) is 0 Å². The lowest BCUT2D eigenvalue weighted by molar-refractivity contribution is 0.0845. The van der Waals surface area contributed by atoms with Gasteiger partial charge in [-0.15, -0.1) is 0 Å². The topological polar surface area (TPSA) is 144 Å². The predicted molar refractivity (Wildman–Crippen MR) is 73.4 cm³/mol. The highest BCUT2D eigenvalue weighted by Crippen LogP contribution is 2.39. The highest BCUT2D eigenvalue weighted by Gasteiger charge is 2.28. The Balaban J connectivity index is 2.60. The van der Waals surface area contributed by atoms with Crippen LogP contribution in [0.2, 0.25) is 0 Å². The van der Waals surface area contributed by atoms with Crippen LogP contribution in [-0.4, -0.2) is 11.8 Å². The zero-order chi connectivity index (χ0) is 15.0. The number of hydrogen-bond donors (Lipinski definition) is 1. The number of azide groups is 2. The van der Waals surface area contributed by atoms with Crippen molar-refractivity contribution in [3.63, 3.8) is 0 Å². The molecule has 0 saturated carbocycles. The van der Waals surface area contributed by atoms with Gasteiger partial charge in [0, 0.05) is 26.5 Å². The fourth-order valence-corrected chi connectivity index (χ4v) is 2.35. The van der Waals surface area contributed by atoms with E-state index in [-0.39, 0.29) is 22.5 Å². The summed E-state index contributed by atoms with van der Waals surface area (Å²) in [5.41, 5.74) is 17.8. The van der Waals surface area contributed by atoms with Crippen molar-refractivity contribution < 1.29 is 9.59 Å². The Morgan fingerprint density at radius 3 is 2.43 bits per heavy atom. The summed E-state index contributed by atoms with van der Waals surface area (Å²) in [5.74, 6) is -1.21. The second-order valence-electron chi connectivity index (χ2n) is 4.18. The molecule has 0 saturated heterocycles. The molecule has 1 heterocycles. The first kappa shape index (κ1) is 12.5. The van der Waals surface area contributed by atoms with E-state index in [9.17, 15) is 9.59 Å². The lowest BCUT2D eigenvalue weighted by Gasteiger charge is -2.19. The van der Waals surface area contributed by atoms with E-state index in [2.05, 4.69) is 25.4 Å². The normalized spacial score (nSPS) is 12.4. The molecule has 3 rings (SSSR count). The first-order chi connectivity index (χ1) is 10.2. The minimum atomic E-state index is -0.654. The molecule has 9 heteroatoms. The van der Waals surface area contributed by atoms with Gasteiger partial charge in [-0.05, 0) is 28.6 Å². The van der Waals surface area contributed by atoms with Gasteiger partial charge in [0.25, 0.3) is 11.8 Å². The van der Waals surface area contributed by atoms with Gasteiger partial charge in [-0.3, -0.25) is 14.9 Å². The van der Waals surface area contributed by atoms with Crippen molar-refractivity contribution in [3.05, 3.63) is 56.3 Å². The Bertz CT molecular complexity index is 921. The number of rotatable bonds is 2. The first-order valence-corrected chi connectivity index (χ1v) is 5.73. The van der Waals surface area contributed by atoms with Gasteiger partial charge in [0.05, 0.1) is 11.3 Å². The number of carbonyl (C=O) groups excluding carboxylic acids is 2. The van der Waals surface area contributed by atoms with Crippen LogP contribution in [0.1, 0.15) is 20.7 Å². The summed E-state index contributed by atoms with van der Waals surface area (Å²) < 4.78 is 0. The molecular weight excluding hydrogens is 274 g/mol. The summed E-state index contributed by atoms with van der Waals surface area (Å²) in [5, 5.41) is 9.91. The van der Waals surface area contributed by atoms with E-state index >= 15 is 0 Å². The van der Waals surface area contributed by atoms with E-state index in [0.717, 1.165) is 0 Å².